The minimum Gasteiger partial charge on any atom is -0.398 e. The van der Waals surface area contributed by atoms with Gasteiger partial charge in [-0.3, -0.25) is 0 Å². The number of fused-ring (bicyclic) bond motifs is 1. The van der Waals surface area contributed by atoms with Gasteiger partial charge in [-0.05, 0) is 36.2 Å². The number of nitrogens with two attached hydrogens (primary N) is 1. The molecule has 0 aliphatic rings. The molecular weight excluding hydrogens is 308 g/mol. The van der Waals surface area contributed by atoms with Gasteiger partial charge in [-0.15, -0.1) is 0 Å². The summed E-state index contributed by atoms with van der Waals surface area (Å²) in [6.45, 7) is 1.44. The van der Waals surface area contributed by atoms with Crippen molar-refractivity contribution in [3.05, 3.63) is 42.0 Å². The summed E-state index contributed by atoms with van der Waals surface area (Å²) in [6, 6.07) is 11.8. The highest BCUT2D eigenvalue weighted by atomic mass is 32.1. The number of thiazole rings is 1. The van der Waals surface area contributed by atoms with Crippen molar-refractivity contribution < 1.29 is 4.79 Å². The molecule has 3 rings (SSSR count). The van der Waals surface area contributed by atoms with E-state index in [4.69, 9.17) is 15.9 Å². The second-order valence-corrected chi connectivity index (χ2v) is 5.67. The number of nitrogens with one attached hydrogen (secondary N) is 2. The third-order valence-electron chi connectivity index (χ3n) is 3.20. The van der Waals surface area contributed by atoms with E-state index in [1.807, 2.05) is 37.4 Å². The summed E-state index contributed by atoms with van der Waals surface area (Å²) in [5, 5.41) is 11.5. The van der Waals surface area contributed by atoms with Crippen LogP contribution in [0.15, 0.2) is 36.4 Å². The van der Waals surface area contributed by atoms with Gasteiger partial charge in [0.25, 0.3) is 0 Å². The van der Waals surface area contributed by atoms with Gasteiger partial charge in [0.05, 0.1) is 10.2 Å². The number of nitrogen functional groups attached to an aromatic ring is 1. The second-order valence-electron chi connectivity index (χ2n) is 4.64. The zero-order valence-electron chi connectivity index (χ0n) is 13.0. The maximum atomic E-state index is 8.81. The number of carbonyl (C=O) groups is 1. The molecule has 0 unspecified atom stereocenters. The largest absolute Gasteiger partial charge is 0.398 e. The van der Waals surface area contributed by atoms with Gasteiger partial charge in [0.1, 0.15) is 6.29 Å². The van der Waals surface area contributed by atoms with Gasteiger partial charge >= 0.3 is 0 Å². The molecule has 6 heteroatoms. The molecule has 23 heavy (non-hydrogen) atoms. The van der Waals surface area contributed by atoms with Gasteiger partial charge in [0.2, 0.25) is 0 Å². The molecule has 1 heterocycles. The number of carbonyl (C=O) groups excluding carboxylic acids is 1. The van der Waals surface area contributed by atoms with Crippen molar-refractivity contribution in [2.75, 3.05) is 18.1 Å². The first-order chi connectivity index (χ1) is 11.1. The van der Waals surface area contributed by atoms with E-state index in [2.05, 4.69) is 16.4 Å². The highest BCUT2D eigenvalue weighted by molar-refractivity contribution is 7.22. The summed E-state index contributed by atoms with van der Waals surface area (Å²) in [7, 11) is 1.86. The minimum atomic E-state index is 0.623. The predicted octanol–water partition coefficient (Wildman–Crippen LogP) is 3.79. The summed E-state index contributed by atoms with van der Waals surface area (Å²) < 4.78 is 1.12. The Morgan fingerprint density at radius 3 is 2.70 bits per heavy atom. The van der Waals surface area contributed by atoms with Crippen LogP contribution in [0.3, 0.4) is 0 Å². The topological polar surface area (TPSA) is 91.9 Å². The molecule has 0 saturated carbocycles. The SMILES string of the molecule is CC=O.CNc1nc2ccc(-c3cccc(N)c3C=N)cc2s1. The first-order valence-corrected chi connectivity index (χ1v) is 7.83. The molecule has 0 bridgehead atoms. The third-order valence-corrected chi connectivity index (χ3v) is 4.23. The van der Waals surface area contributed by atoms with Crippen LogP contribution in [-0.2, 0) is 4.79 Å². The highest BCUT2D eigenvalue weighted by Gasteiger charge is 2.09. The minimum absolute atomic E-state index is 0.623. The summed E-state index contributed by atoms with van der Waals surface area (Å²) in [6.07, 6.45) is 2.06. The van der Waals surface area contributed by atoms with E-state index in [9.17, 15) is 0 Å². The van der Waals surface area contributed by atoms with Crippen LogP contribution in [0.25, 0.3) is 21.3 Å². The average Bonchev–Trinajstić information content (AvgIpc) is 2.97. The van der Waals surface area contributed by atoms with Crippen molar-refractivity contribution >= 4 is 44.9 Å². The average molecular weight is 326 g/mol. The van der Waals surface area contributed by atoms with Crippen molar-refractivity contribution in [1.82, 2.24) is 4.98 Å². The first-order valence-electron chi connectivity index (χ1n) is 7.02. The van der Waals surface area contributed by atoms with Crippen LogP contribution in [-0.4, -0.2) is 24.5 Å². The standard InChI is InChI=1S/C15H14N4S.C2H4O/c1-18-15-19-13-6-5-9(7-14(13)20-15)10-3-2-4-12(17)11(10)8-16;1-2-3/h2-8,16H,17H2,1H3,(H,18,19);2H,1H3. The Kier molecular flexibility index (Phi) is 5.43. The van der Waals surface area contributed by atoms with Gasteiger partial charge in [-0.25, -0.2) is 4.98 Å². The Morgan fingerprint density at radius 1 is 1.30 bits per heavy atom. The smallest absolute Gasteiger partial charge is 0.183 e. The molecule has 0 fully saturated rings. The van der Waals surface area contributed by atoms with E-state index in [0.717, 1.165) is 38.3 Å². The number of anilines is 2. The fraction of sp³-hybridized carbons (Fsp3) is 0.118. The number of benzene rings is 2. The number of nitrogens with zero attached hydrogens (tertiary/aromatic N) is 1. The number of hydrogen-bond acceptors (Lipinski definition) is 6. The Morgan fingerprint density at radius 2 is 2.04 bits per heavy atom. The molecular formula is C17H18N4OS. The molecule has 118 valence electrons. The Balaban J connectivity index is 0.000000595. The van der Waals surface area contributed by atoms with Crippen LogP contribution in [0.5, 0.6) is 0 Å². The van der Waals surface area contributed by atoms with E-state index in [1.54, 1.807) is 11.3 Å². The lowest BCUT2D eigenvalue weighted by atomic mass is 9.99. The van der Waals surface area contributed by atoms with Crippen molar-refractivity contribution in [2.45, 2.75) is 6.92 Å². The van der Waals surface area contributed by atoms with Gasteiger partial charge in [0, 0.05) is 24.5 Å². The van der Waals surface area contributed by atoms with Crippen LogP contribution in [0.4, 0.5) is 10.8 Å². The first kappa shape index (κ1) is 16.6. The second kappa shape index (κ2) is 7.51. The maximum Gasteiger partial charge on any atom is 0.183 e. The fourth-order valence-electron chi connectivity index (χ4n) is 2.19. The molecule has 0 radical (unpaired) electrons. The van der Waals surface area contributed by atoms with Crippen molar-refractivity contribution in [3.8, 4) is 11.1 Å². The molecule has 4 N–H and O–H groups in total. The van der Waals surface area contributed by atoms with Gasteiger partial charge < -0.3 is 21.3 Å². The summed E-state index contributed by atoms with van der Waals surface area (Å²) in [4.78, 5) is 13.3. The zero-order valence-corrected chi connectivity index (χ0v) is 13.8. The van der Waals surface area contributed by atoms with Gasteiger partial charge in [0.15, 0.2) is 5.13 Å². The van der Waals surface area contributed by atoms with Gasteiger partial charge in [-0.1, -0.05) is 29.5 Å². The fourth-order valence-corrected chi connectivity index (χ4v) is 3.05. The van der Waals surface area contributed by atoms with Crippen LogP contribution in [0.2, 0.25) is 0 Å². The Hall–Kier alpha value is -2.73. The van der Waals surface area contributed by atoms with Crippen LogP contribution in [0.1, 0.15) is 12.5 Å². The molecule has 0 spiro atoms. The normalized spacial score (nSPS) is 9.83. The summed E-state index contributed by atoms with van der Waals surface area (Å²) in [5.41, 5.74) is 10.3. The number of hydrogen-bond donors (Lipinski definition) is 3. The lowest BCUT2D eigenvalue weighted by Crippen LogP contribution is -1.95. The lowest BCUT2D eigenvalue weighted by Gasteiger charge is -2.08. The van der Waals surface area contributed by atoms with Crippen LogP contribution in [0, 0.1) is 5.41 Å². The Labute approximate surface area is 138 Å². The van der Waals surface area contributed by atoms with Crippen molar-refractivity contribution in [3.63, 3.8) is 0 Å². The number of rotatable bonds is 3. The van der Waals surface area contributed by atoms with E-state index in [0.29, 0.717) is 5.69 Å². The summed E-state index contributed by atoms with van der Waals surface area (Å²) >= 11 is 1.61. The molecule has 0 aliphatic carbocycles. The zero-order chi connectivity index (χ0) is 16.8. The third kappa shape index (κ3) is 3.54. The molecule has 0 aliphatic heterocycles. The van der Waals surface area contributed by atoms with Crippen LogP contribution >= 0.6 is 11.3 Å². The number of aromatic nitrogens is 1. The Bertz CT molecular complexity index is 842. The van der Waals surface area contributed by atoms with Crippen LogP contribution < -0.4 is 11.1 Å². The van der Waals surface area contributed by atoms with E-state index >= 15 is 0 Å². The van der Waals surface area contributed by atoms with E-state index in [-0.39, 0.29) is 0 Å². The molecule has 0 saturated heterocycles. The predicted molar refractivity (Wildman–Crippen MR) is 98.6 cm³/mol. The van der Waals surface area contributed by atoms with Crippen molar-refractivity contribution in [1.29, 1.82) is 5.41 Å². The maximum absolute atomic E-state index is 8.81. The number of aldehydes is 1. The molecule has 0 atom stereocenters. The monoisotopic (exact) mass is 326 g/mol. The summed E-state index contributed by atoms with van der Waals surface area (Å²) in [5.74, 6) is 0. The quantitative estimate of drug-likeness (QED) is 0.388. The molecule has 2 aromatic carbocycles. The molecule has 0 amide bonds. The van der Waals surface area contributed by atoms with E-state index in [1.165, 1.54) is 13.1 Å². The molecule has 3 aromatic rings. The molecule has 1 aromatic heterocycles. The molecule has 5 nitrogen and oxygen atoms in total. The van der Waals surface area contributed by atoms with E-state index < -0.39 is 0 Å². The van der Waals surface area contributed by atoms with Gasteiger partial charge in [-0.2, -0.15) is 0 Å². The van der Waals surface area contributed by atoms with Crippen molar-refractivity contribution in [2.24, 2.45) is 0 Å². The lowest BCUT2D eigenvalue weighted by molar-refractivity contribution is -0.106. The highest BCUT2D eigenvalue weighted by Crippen LogP contribution is 2.32.